The van der Waals surface area contributed by atoms with Crippen LogP contribution in [0.15, 0.2) is 0 Å². The average Bonchev–Trinajstić information content (AvgIpc) is 2.01. The molecule has 0 aromatic rings. The summed E-state index contributed by atoms with van der Waals surface area (Å²) < 4.78 is 69.3. The van der Waals surface area contributed by atoms with Crippen LogP contribution in [0.3, 0.4) is 0 Å². The fraction of sp³-hybridized carbons (Fsp3) is 1.00. The van der Waals surface area contributed by atoms with E-state index in [2.05, 4.69) is 4.39 Å². The highest BCUT2D eigenvalue weighted by Crippen LogP contribution is 2.22. The Labute approximate surface area is 85.2 Å². The number of hydrogen-bond donors (Lipinski definition) is 1. The third kappa shape index (κ3) is 11.5. The van der Waals surface area contributed by atoms with Gasteiger partial charge in [-0.3, -0.25) is 0 Å². The molecular formula is C6H13F4NO3S. The highest BCUT2D eigenvalue weighted by atomic mass is 32.2. The molecule has 0 aromatic heterocycles. The Morgan fingerprint density at radius 1 is 1.07 bits per heavy atom. The van der Waals surface area contributed by atoms with Crippen molar-refractivity contribution in [2.24, 2.45) is 0 Å². The van der Waals surface area contributed by atoms with Crippen molar-refractivity contribution in [1.82, 2.24) is 6.15 Å². The number of hydrogen-bond acceptors (Lipinski definition) is 4. The first-order valence-corrected chi connectivity index (χ1v) is 5.44. The van der Waals surface area contributed by atoms with Gasteiger partial charge in [-0.25, -0.2) is 0 Å². The maximum absolute atomic E-state index is 11.6. The lowest BCUT2D eigenvalue weighted by atomic mass is 10.2. The fourth-order valence-electron chi connectivity index (χ4n) is 0.813. The van der Waals surface area contributed by atoms with Gasteiger partial charge in [0.2, 0.25) is 0 Å². The van der Waals surface area contributed by atoms with Gasteiger partial charge < -0.3 is 6.15 Å². The number of alkyl halides is 3. The summed E-state index contributed by atoms with van der Waals surface area (Å²) in [5.41, 5.74) is 0. The lowest BCUT2D eigenvalue weighted by molar-refractivity contribution is -0.135. The van der Waals surface area contributed by atoms with Crippen molar-refractivity contribution < 1.29 is 30.5 Å². The molecule has 0 saturated heterocycles. The zero-order valence-electron chi connectivity index (χ0n) is 7.89. The molecule has 0 heterocycles. The van der Waals surface area contributed by atoms with Gasteiger partial charge in [-0.15, -0.1) is 0 Å². The van der Waals surface area contributed by atoms with E-state index >= 15 is 0 Å². The molecule has 0 unspecified atom stereocenters. The molecule has 0 atom stereocenters. The molecule has 9 heteroatoms. The summed E-state index contributed by atoms with van der Waals surface area (Å²) in [5.74, 6) is -0.596. The number of unbranched alkanes of at least 4 members (excludes halogenated alkanes) is 2. The predicted octanol–water partition coefficient (Wildman–Crippen LogP) is 2.50. The van der Waals surface area contributed by atoms with Crippen LogP contribution < -0.4 is 6.15 Å². The summed E-state index contributed by atoms with van der Waals surface area (Å²) in [6, 6.07) is 0. The third-order valence-corrected chi connectivity index (χ3v) is 2.43. The molecule has 0 rings (SSSR count). The molecule has 0 aromatic carbocycles. The van der Waals surface area contributed by atoms with Gasteiger partial charge in [0.05, 0.1) is 5.75 Å². The first-order chi connectivity index (χ1) is 6.27. The molecule has 94 valence electrons. The second-order valence-electron chi connectivity index (χ2n) is 2.75. The molecule has 0 bridgehead atoms. The van der Waals surface area contributed by atoms with Crippen LogP contribution in [0.25, 0.3) is 0 Å². The zero-order valence-corrected chi connectivity index (χ0v) is 8.70. The quantitative estimate of drug-likeness (QED) is 0.584. The van der Waals surface area contributed by atoms with Crippen LogP contribution in [0.4, 0.5) is 17.7 Å². The Kier molecular flexibility index (Phi) is 7.89. The normalized spacial score (nSPS) is 12.3. The standard InChI is InChI=1S/C6H10F4O3S.H3N/c7-6(8,9)4-2-1-3-5-14(11,12)13-10;/h1-5H2;1H3. The minimum absolute atomic E-state index is 0. The molecule has 3 N–H and O–H groups in total. The lowest BCUT2D eigenvalue weighted by Gasteiger charge is -2.04. The summed E-state index contributed by atoms with van der Waals surface area (Å²) in [5, 5.41) is 0. The van der Waals surface area contributed by atoms with E-state index in [1.54, 1.807) is 0 Å². The highest BCUT2D eigenvalue weighted by Gasteiger charge is 2.25. The van der Waals surface area contributed by atoms with E-state index < -0.39 is 28.5 Å². The van der Waals surface area contributed by atoms with Crippen molar-refractivity contribution in [2.45, 2.75) is 31.9 Å². The molecule has 0 spiro atoms. The fourth-order valence-corrected chi connectivity index (χ4v) is 1.43. The molecule has 15 heavy (non-hydrogen) atoms. The minimum Gasteiger partial charge on any atom is -0.344 e. The first-order valence-electron chi connectivity index (χ1n) is 3.86. The van der Waals surface area contributed by atoms with Gasteiger partial charge in [-0.05, 0) is 17.4 Å². The van der Waals surface area contributed by atoms with Crippen LogP contribution >= 0.6 is 0 Å². The van der Waals surface area contributed by atoms with Gasteiger partial charge in [-0.2, -0.15) is 21.6 Å². The largest absolute Gasteiger partial charge is 0.389 e. The summed E-state index contributed by atoms with van der Waals surface area (Å²) in [7, 11) is -4.18. The van der Waals surface area contributed by atoms with Gasteiger partial charge in [0.15, 0.2) is 0 Å². The van der Waals surface area contributed by atoms with Crippen LogP contribution in [-0.4, -0.2) is 20.3 Å². The maximum Gasteiger partial charge on any atom is 0.389 e. The van der Waals surface area contributed by atoms with Gasteiger partial charge in [0.1, 0.15) is 0 Å². The lowest BCUT2D eigenvalue weighted by Crippen LogP contribution is -2.08. The summed E-state index contributed by atoms with van der Waals surface area (Å²) in [6.07, 6.45) is -5.31. The second-order valence-corrected chi connectivity index (χ2v) is 4.40. The van der Waals surface area contributed by atoms with Crippen LogP contribution in [0.2, 0.25) is 0 Å². The molecule has 4 nitrogen and oxygen atoms in total. The monoisotopic (exact) mass is 255 g/mol. The predicted molar refractivity (Wildman–Crippen MR) is 45.5 cm³/mol. The van der Waals surface area contributed by atoms with E-state index in [-0.39, 0.29) is 25.4 Å². The van der Waals surface area contributed by atoms with Crippen molar-refractivity contribution in [3.8, 4) is 0 Å². The molecule has 0 radical (unpaired) electrons. The Morgan fingerprint density at radius 2 is 1.60 bits per heavy atom. The SMILES string of the molecule is N.O=S(=O)(CCCCCC(F)(F)F)OF. The topological polar surface area (TPSA) is 78.4 Å². The van der Waals surface area contributed by atoms with Crippen molar-refractivity contribution in [1.29, 1.82) is 0 Å². The minimum atomic E-state index is -4.23. The maximum atomic E-state index is 11.6. The summed E-state index contributed by atoms with van der Waals surface area (Å²) in [6.45, 7) is 0. The average molecular weight is 255 g/mol. The van der Waals surface area contributed by atoms with E-state index in [0.29, 0.717) is 0 Å². The van der Waals surface area contributed by atoms with Crippen molar-refractivity contribution in [3.05, 3.63) is 0 Å². The first kappa shape index (κ1) is 17.0. The third-order valence-electron chi connectivity index (χ3n) is 1.45. The molecule has 0 saturated carbocycles. The van der Waals surface area contributed by atoms with Gasteiger partial charge in [0.25, 0.3) is 10.1 Å². The Morgan fingerprint density at radius 3 is 2.00 bits per heavy atom. The summed E-state index contributed by atoms with van der Waals surface area (Å²) in [4.78, 5) is 0. The molecule has 0 fully saturated rings. The van der Waals surface area contributed by atoms with Crippen LogP contribution in [0, 0.1) is 0 Å². The van der Waals surface area contributed by atoms with E-state index in [9.17, 15) is 26.1 Å². The van der Waals surface area contributed by atoms with Crippen LogP contribution in [-0.2, 0) is 14.5 Å². The van der Waals surface area contributed by atoms with Gasteiger partial charge in [0, 0.05) is 6.42 Å². The van der Waals surface area contributed by atoms with Crippen molar-refractivity contribution >= 4 is 10.1 Å². The number of rotatable bonds is 6. The molecule has 0 aliphatic carbocycles. The molecular weight excluding hydrogens is 242 g/mol. The van der Waals surface area contributed by atoms with Gasteiger partial charge in [-0.1, -0.05) is 10.8 Å². The highest BCUT2D eigenvalue weighted by molar-refractivity contribution is 7.86. The van der Waals surface area contributed by atoms with E-state index in [4.69, 9.17) is 0 Å². The van der Waals surface area contributed by atoms with E-state index in [0.717, 1.165) is 0 Å². The molecule has 0 amide bonds. The van der Waals surface area contributed by atoms with Crippen molar-refractivity contribution in [3.63, 3.8) is 0 Å². The Bertz CT molecular complexity index is 252. The van der Waals surface area contributed by atoms with Gasteiger partial charge >= 0.3 is 6.18 Å². The zero-order chi connectivity index (χ0) is 11.2. The Hall–Kier alpha value is -0.410. The molecule has 0 aliphatic rings. The van der Waals surface area contributed by atoms with Crippen molar-refractivity contribution in [2.75, 3.05) is 5.75 Å². The smallest absolute Gasteiger partial charge is 0.344 e. The van der Waals surface area contributed by atoms with Crippen LogP contribution in [0.5, 0.6) is 0 Å². The van der Waals surface area contributed by atoms with Crippen LogP contribution in [0.1, 0.15) is 25.7 Å². The second kappa shape index (κ2) is 6.96. The number of halogens is 4. The van der Waals surface area contributed by atoms with E-state index in [1.165, 1.54) is 0 Å². The summed E-state index contributed by atoms with van der Waals surface area (Å²) >= 11 is 0. The molecule has 0 aliphatic heterocycles. The van der Waals surface area contributed by atoms with E-state index in [1.807, 2.05) is 0 Å². The Balaban J connectivity index is 0.